The number of aromatic nitrogens is 1. The van der Waals surface area contributed by atoms with Gasteiger partial charge in [-0.2, -0.15) is 0 Å². The molecule has 0 fully saturated rings. The van der Waals surface area contributed by atoms with Gasteiger partial charge in [0.1, 0.15) is 5.58 Å². The molecule has 0 saturated carbocycles. The largest absolute Gasteiger partial charge is 0.451 e. The van der Waals surface area contributed by atoms with Gasteiger partial charge in [0.25, 0.3) is 5.91 Å². The van der Waals surface area contributed by atoms with E-state index in [0.29, 0.717) is 16.1 Å². The summed E-state index contributed by atoms with van der Waals surface area (Å²) in [4.78, 5) is 29.1. The number of para-hydroxylation sites is 1. The molecule has 0 unspecified atom stereocenters. The van der Waals surface area contributed by atoms with Crippen LogP contribution in [0.5, 0.6) is 0 Å². The van der Waals surface area contributed by atoms with Crippen molar-refractivity contribution in [3.05, 3.63) is 81.0 Å². The Hall–Kier alpha value is -3.25. The van der Waals surface area contributed by atoms with Gasteiger partial charge >= 0.3 is 0 Å². The number of amides is 1. The molecule has 4 rings (SSSR count). The van der Waals surface area contributed by atoms with Crippen LogP contribution in [0.4, 0.5) is 5.13 Å². The Balaban J connectivity index is 1.61. The molecule has 0 saturated heterocycles. The second-order valence-electron chi connectivity index (χ2n) is 6.28. The fourth-order valence-corrected chi connectivity index (χ4v) is 3.64. The van der Waals surface area contributed by atoms with Crippen LogP contribution >= 0.6 is 11.3 Å². The molecule has 2 aromatic heterocycles. The molecule has 0 aliphatic rings. The van der Waals surface area contributed by atoms with Gasteiger partial charge in [-0.1, -0.05) is 35.9 Å². The quantitative estimate of drug-likeness (QED) is 0.558. The summed E-state index contributed by atoms with van der Waals surface area (Å²) < 4.78 is 5.57. The Labute approximate surface area is 159 Å². The van der Waals surface area contributed by atoms with E-state index in [4.69, 9.17) is 4.42 Å². The molecule has 5 nitrogen and oxygen atoms in total. The summed E-state index contributed by atoms with van der Waals surface area (Å²) in [6, 6.07) is 14.2. The molecular formula is C21H16N2O3S. The Kier molecular flexibility index (Phi) is 4.33. The van der Waals surface area contributed by atoms with Crippen LogP contribution in [-0.2, 0) is 0 Å². The van der Waals surface area contributed by atoms with E-state index in [1.807, 2.05) is 31.4 Å². The van der Waals surface area contributed by atoms with Crippen LogP contribution in [0.25, 0.3) is 22.2 Å². The molecule has 0 bridgehead atoms. The first kappa shape index (κ1) is 17.2. The number of thiazole rings is 1. The van der Waals surface area contributed by atoms with Crippen molar-refractivity contribution >= 4 is 33.3 Å². The third-order valence-electron chi connectivity index (χ3n) is 4.24. The number of nitrogens with zero attached hydrogens (tertiary/aromatic N) is 1. The number of anilines is 1. The lowest BCUT2D eigenvalue weighted by atomic mass is 10.0. The van der Waals surface area contributed by atoms with Crippen molar-refractivity contribution in [1.29, 1.82) is 0 Å². The third kappa shape index (κ3) is 3.39. The molecule has 0 atom stereocenters. The second-order valence-corrected chi connectivity index (χ2v) is 7.14. The maximum Gasteiger partial charge on any atom is 0.293 e. The SMILES string of the molecule is Cc1ccc(-c2csc(NC(=O)c3cc(=O)c4ccccc4o3)n2)c(C)c1. The Morgan fingerprint density at radius 2 is 1.93 bits per heavy atom. The zero-order valence-corrected chi connectivity index (χ0v) is 15.6. The van der Waals surface area contributed by atoms with E-state index in [1.165, 1.54) is 23.0 Å². The van der Waals surface area contributed by atoms with E-state index < -0.39 is 5.91 Å². The standard InChI is InChI=1S/C21H16N2O3S/c1-12-7-8-14(13(2)9-12)16-11-27-21(22-16)23-20(25)19-10-17(24)15-5-3-4-6-18(15)26-19/h3-11H,1-2H3,(H,22,23,25). The van der Waals surface area contributed by atoms with Crippen molar-refractivity contribution in [1.82, 2.24) is 4.98 Å². The molecule has 134 valence electrons. The van der Waals surface area contributed by atoms with Gasteiger partial charge in [0.2, 0.25) is 0 Å². The summed E-state index contributed by atoms with van der Waals surface area (Å²) in [7, 11) is 0. The number of hydrogen-bond acceptors (Lipinski definition) is 5. The normalized spacial score (nSPS) is 10.9. The Bertz CT molecular complexity index is 1220. The van der Waals surface area contributed by atoms with Crippen molar-refractivity contribution in [2.75, 3.05) is 5.32 Å². The van der Waals surface area contributed by atoms with E-state index in [0.717, 1.165) is 16.8 Å². The minimum absolute atomic E-state index is 0.0398. The van der Waals surface area contributed by atoms with Crippen LogP contribution in [0.2, 0.25) is 0 Å². The molecule has 2 aromatic carbocycles. The zero-order chi connectivity index (χ0) is 19.0. The van der Waals surface area contributed by atoms with Gasteiger partial charge in [0.05, 0.1) is 11.1 Å². The summed E-state index contributed by atoms with van der Waals surface area (Å²) >= 11 is 1.33. The molecule has 0 aliphatic carbocycles. The molecule has 1 amide bonds. The smallest absolute Gasteiger partial charge is 0.293 e. The van der Waals surface area contributed by atoms with Gasteiger partial charge in [-0.15, -0.1) is 11.3 Å². The summed E-state index contributed by atoms with van der Waals surface area (Å²) in [6.45, 7) is 4.07. The van der Waals surface area contributed by atoms with Gasteiger partial charge in [-0.3, -0.25) is 14.9 Å². The molecule has 0 spiro atoms. The van der Waals surface area contributed by atoms with Crippen LogP contribution in [0.1, 0.15) is 21.7 Å². The fourth-order valence-electron chi connectivity index (χ4n) is 2.93. The van der Waals surface area contributed by atoms with E-state index in [1.54, 1.807) is 24.3 Å². The molecule has 6 heteroatoms. The van der Waals surface area contributed by atoms with E-state index >= 15 is 0 Å². The lowest BCUT2D eigenvalue weighted by molar-refractivity contribution is 0.0997. The first-order chi connectivity index (χ1) is 13.0. The zero-order valence-electron chi connectivity index (χ0n) is 14.8. The average molecular weight is 376 g/mol. The first-order valence-electron chi connectivity index (χ1n) is 8.38. The first-order valence-corrected chi connectivity index (χ1v) is 9.26. The highest BCUT2D eigenvalue weighted by Gasteiger charge is 2.15. The number of carbonyl (C=O) groups excluding carboxylic acids is 1. The van der Waals surface area contributed by atoms with E-state index in [-0.39, 0.29) is 11.2 Å². The predicted molar refractivity (Wildman–Crippen MR) is 107 cm³/mol. The van der Waals surface area contributed by atoms with Crippen LogP contribution in [0.15, 0.2) is 63.1 Å². The van der Waals surface area contributed by atoms with Crippen LogP contribution in [0, 0.1) is 13.8 Å². The lowest BCUT2D eigenvalue weighted by Gasteiger charge is -2.04. The van der Waals surface area contributed by atoms with Crippen molar-refractivity contribution in [3.63, 3.8) is 0 Å². The highest BCUT2D eigenvalue weighted by molar-refractivity contribution is 7.14. The fraction of sp³-hybridized carbons (Fsp3) is 0.0952. The molecule has 2 heterocycles. The Morgan fingerprint density at radius 1 is 1.11 bits per heavy atom. The van der Waals surface area contributed by atoms with Gasteiger partial charge in [-0.25, -0.2) is 4.98 Å². The van der Waals surface area contributed by atoms with Crippen molar-refractivity contribution in [2.45, 2.75) is 13.8 Å². The van der Waals surface area contributed by atoms with Crippen molar-refractivity contribution < 1.29 is 9.21 Å². The highest BCUT2D eigenvalue weighted by Crippen LogP contribution is 2.28. The van der Waals surface area contributed by atoms with Gasteiger partial charge < -0.3 is 4.42 Å². The monoisotopic (exact) mass is 376 g/mol. The van der Waals surface area contributed by atoms with Gasteiger partial charge in [0.15, 0.2) is 16.3 Å². The number of nitrogens with one attached hydrogen (secondary N) is 1. The molecule has 1 N–H and O–H groups in total. The Morgan fingerprint density at radius 3 is 2.74 bits per heavy atom. The maximum absolute atomic E-state index is 12.5. The molecule has 4 aromatic rings. The highest BCUT2D eigenvalue weighted by atomic mass is 32.1. The number of carbonyl (C=O) groups is 1. The number of fused-ring (bicyclic) bond motifs is 1. The summed E-state index contributed by atoms with van der Waals surface area (Å²) in [5.74, 6) is -0.540. The number of benzene rings is 2. The average Bonchev–Trinajstić information content (AvgIpc) is 3.09. The number of aryl methyl sites for hydroxylation is 2. The predicted octanol–water partition coefficient (Wildman–Crippen LogP) is 4.79. The lowest BCUT2D eigenvalue weighted by Crippen LogP contribution is -2.14. The van der Waals surface area contributed by atoms with Gasteiger partial charge in [0, 0.05) is 17.0 Å². The van der Waals surface area contributed by atoms with Crippen LogP contribution in [0.3, 0.4) is 0 Å². The van der Waals surface area contributed by atoms with E-state index in [2.05, 4.69) is 16.4 Å². The number of rotatable bonds is 3. The van der Waals surface area contributed by atoms with Crippen LogP contribution < -0.4 is 10.7 Å². The van der Waals surface area contributed by atoms with Crippen molar-refractivity contribution in [3.8, 4) is 11.3 Å². The minimum atomic E-state index is -0.501. The van der Waals surface area contributed by atoms with Crippen molar-refractivity contribution in [2.24, 2.45) is 0 Å². The second kappa shape index (κ2) is 6.81. The summed E-state index contributed by atoms with van der Waals surface area (Å²) in [6.07, 6.45) is 0. The molecule has 0 aliphatic heterocycles. The summed E-state index contributed by atoms with van der Waals surface area (Å²) in [5.41, 5.74) is 4.26. The topological polar surface area (TPSA) is 72.2 Å². The maximum atomic E-state index is 12.5. The van der Waals surface area contributed by atoms with Crippen LogP contribution in [-0.4, -0.2) is 10.9 Å². The van der Waals surface area contributed by atoms with E-state index in [9.17, 15) is 9.59 Å². The minimum Gasteiger partial charge on any atom is -0.451 e. The molecular weight excluding hydrogens is 360 g/mol. The van der Waals surface area contributed by atoms with Gasteiger partial charge in [-0.05, 0) is 31.5 Å². The number of hydrogen-bond donors (Lipinski definition) is 1. The summed E-state index contributed by atoms with van der Waals surface area (Å²) in [5, 5.41) is 5.49. The molecule has 27 heavy (non-hydrogen) atoms. The molecule has 0 radical (unpaired) electrons. The third-order valence-corrected chi connectivity index (χ3v) is 5.00.